The first kappa shape index (κ1) is 9.10. The van der Waals surface area contributed by atoms with Crippen molar-refractivity contribution in [3.8, 4) is 0 Å². The Morgan fingerprint density at radius 1 is 1.58 bits per heavy atom. The molecule has 2 atom stereocenters. The average molecular weight is 183 g/mol. The Balaban J connectivity index is 2.75. The topological polar surface area (TPSA) is 49.7 Å². The van der Waals surface area contributed by atoms with Crippen LogP contribution >= 0.6 is 12.2 Å². The predicted octanol–water partition coefficient (Wildman–Crippen LogP) is 1.51. The Hall–Kier alpha value is -0.990. The summed E-state index contributed by atoms with van der Waals surface area (Å²) < 4.78 is 0. The summed E-state index contributed by atoms with van der Waals surface area (Å²) in [4.78, 5) is 14.5. The number of thiocarbonyl (C=S) groups is 1. The molecule has 0 aromatic carbocycles. The van der Waals surface area contributed by atoms with Gasteiger partial charge in [-0.3, -0.25) is 4.79 Å². The van der Waals surface area contributed by atoms with Crippen LogP contribution in [0.25, 0.3) is 0 Å². The van der Waals surface area contributed by atoms with Gasteiger partial charge in [-0.25, -0.2) is 4.99 Å². The minimum Gasteiger partial charge on any atom is -0.481 e. The van der Waals surface area contributed by atoms with Crippen LogP contribution in [0.1, 0.15) is 12.8 Å². The quantitative estimate of drug-likeness (QED) is 0.401. The highest BCUT2D eigenvalue weighted by Crippen LogP contribution is 2.21. The third-order valence-corrected chi connectivity index (χ3v) is 2.04. The number of aliphatic imine (C=N–C) groups is 1. The molecule has 0 spiro atoms. The summed E-state index contributed by atoms with van der Waals surface area (Å²) in [5.41, 5.74) is 0. The summed E-state index contributed by atoms with van der Waals surface area (Å²) in [5.74, 6) is -1.23. The van der Waals surface area contributed by atoms with Gasteiger partial charge in [0, 0.05) is 0 Å². The summed E-state index contributed by atoms with van der Waals surface area (Å²) in [6.07, 6.45) is 5.00. The number of aliphatic carboxylic acids is 1. The van der Waals surface area contributed by atoms with E-state index in [2.05, 4.69) is 22.4 Å². The van der Waals surface area contributed by atoms with E-state index in [0.717, 1.165) is 0 Å². The Morgan fingerprint density at radius 2 is 2.25 bits per heavy atom. The van der Waals surface area contributed by atoms with Crippen LogP contribution in [-0.4, -0.2) is 22.3 Å². The summed E-state index contributed by atoms with van der Waals surface area (Å²) in [6, 6.07) is -0.218. The second-order valence-corrected chi connectivity index (χ2v) is 2.86. The van der Waals surface area contributed by atoms with E-state index in [1.165, 1.54) is 0 Å². The van der Waals surface area contributed by atoms with Crippen molar-refractivity contribution < 1.29 is 9.90 Å². The third-order valence-electron chi connectivity index (χ3n) is 1.93. The molecule has 0 amide bonds. The molecule has 0 saturated heterocycles. The summed E-state index contributed by atoms with van der Waals surface area (Å²) in [7, 11) is 0. The normalized spacial score (nSPS) is 27.7. The van der Waals surface area contributed by atoms with Crippen molar-refractivity contribution in [1.82, 2.24) is 0 Å². The molecule has 1 rings (SSSR count). The maximum Gasteiger partial charge on any atom is 0.309 e. The van der Waals surface area contributed by atoms with E-state index >= 15 is 0 Å². The number of hydrogen-bond acceptors (Lipinski definition) is 3. The van der Waals surface area contributed by atoms with Gasteiger partial charge in [-0.2, -0.15) is 0 Å². The number of rotatable bonds is 2. The highest BCUT2D eigenvalue weighted by molar-refractivity contribution is 7.78. The molecular weight excluding hydrogens is 174 g/mol. The SMILES string of the molecule is O=C(O)C1CC=CCC1N=C=S. The largest absolute Gasteiger partial charge is 0.481 e. The van der Waals surface area contributed by atoms with Gasteiger partial charge in [0.1, 0.15) is 0 Å². The number of allylic oxidation sites excluding steroid dienone is 1. The molecule has 0 heterocycles. The predicted molar refractivity (Wildman–Crippen MR) is 48.3 cm³/mol. The monoisotopic (exact) mass is 183 g/mol. The first-order chi connectivity index (χ1) is 5.75. The number of isothiocyanates is 1. The molecule has 64 valence electrons. The van der Waals surface area contributed by atoms with Crippen molar-refractivity contribution in [1.29, 1.82) is 0 Å². The summed E-state index contributed by atoms with van der Waals surface area (Å²) in [6.45, 7) is 0. The van der Waals surface area contributed by atoms with Crippen LogP contribution in [0.3, 0.4) is 0 Å². The molecule has 0 aromatic heterocycles. The van der Waals surface area contributed by atoms with Crippen LogP contribution in [0, 0.1) is 5.92 Å². The van der Waals surface area contributed by atoms with E-state index in [1.807, 2.05) is 12.2 Å². The van der Waals surface area contributed by atoms with E-state index in [-0.39, 0.29) is 6.04 Å². The highest BCUT2D eigenvalue weighted by atomic mass is 32.1. The van der Waals surface area contributed by atoms with Crippen LogP contribution in [0.2, 0.25) is 0 Å². The van der Waals surface area contributed by atoms with Gasteiger partial charge < -0.3 is 5.11 Å². The smallest absolute Gasteiger partial charge is 0.309 e. The molecule has 1 N–H and O–H groups in total. The van der Waals surface area contributed by atoms with E-state index in [9.17, 15) is 4.79 Å². The summed E-state index contributed by atoms with van der Waals surface area (Å²) >= 11 is 4.44. The Morgan fingerprint density at radius 3 is 2.83 bits per heavy atom. The number of nitrogens with zero attached hydrogens (tertiary/aromatic N) is 1. The van der Waals surface area contributed by atoms with Gasteiger partial charge in [0.05, 0.1) is 17.1 Å². The molecule has 12 heavy (non-hydrogen) atoms. The van der Waals surface area contributed by atoms with Crippen LogP contribution in [-0.2, 0) is 4.79 Å². The van der Waals surface area contributed by atoms with Gasteiger partial charge in [0.25, 0.3) is 0 Å². The second-order valence-electron chi connectivity index (χ2n) is 2.68. The number of carbonyl (C=O) groups is 1. The Kier molecular flexibility index (Phi) is 3.14. The minimum absolute atomic E-state index is 0.218. The van der Waals surface area contributed by atoms with E-state index < -0.39 is 11.9 Å². The van der Waals surface area contributed by atoms with Crippen molar-refractivity contribution in [3.63, 3.8) is 0 Å². The van der Waals surface area contributed by atoms with E-state index in [4.69, 9.17) is 5.11 Å². The van der Waals surface area contributed by atoms with Crippen molar-refractivity contribution in [2.24, 2.45) is 10.9 Å². The van der Waals surface area contributed by atoms with Crippen molar-refractivity contribution >= 4 is 23.3 Å². The summed E-state index contributed by atoms with van der Waals surface area (Å²) in [5, 5.41) is 11.0. The molecule has 1 aliphatic carbocycles. The minimum atomic E-state index is -0.807. The van der Waals surface area contributed by atoms with E-state index in [1.54, 1.807) is 0 Å². The Labute approximate surface area is 75.8 Å². The molecule has 0 fully saturated rings. The lowest BCUT2D eigenvalue weighted by molar-refractivity contribution is -0.142. The lowest BCUT2D eigenvalue weighted by Gasteiger charge is -2.19. The maximum atomic E-state index is 10.7. The second kappa shape index (κ2) is 4.14. The fourth-order valence-electron chi connectivity index (χ4n) is 1.28. The van der Waals surface area contributed by atoms with E-state index in [0.29, 0.717) is 12.8 Å². The molecule has 0 bridgehead atoms. The van der Waals surface area contributed by atoms with Gasteiger partial charge >= 0.3 is 5.97 Å². The molecule has 0 aliphatic heterocycles. The van der Waals surface area contributed by atoms with Crippen molar-refractivity contribution in [2.75, 3.05) is 0 Å². The van der Waals surface area contributed by atoms with Gasteiger partial charge in [0.15, 0.2) is 0 Å². The number of hydrogen-bond donors (Lipinski definition) is 1. The zero-order valence-corrected chi connectivity index (χ0v) is 7.25. The highest BCUT2D eigenvalue weighted by Gasteiger charge is 2.27. The average Bonchev–Trinajstić information content (AvgIpc) is 2.05. The maximum absolute atomic E-state index is 10.7. The molecule has 0 aromatic rings. The zero-order valence-electron chi connectivity index (χ0n) is 6.43. The molecule has 0 radical (unpaired) electrons. The fraction of sp³-hybridized carbons (Fsp3) is 0.500. The first-order valence-corrected chi connectivity index (χ1v) is 4.11. The van der Waals surface area contributed by atoms with Gasteiger partial charge in [-0.15, -0.1) is 0 Å². The molecule has 0 saturated carbocycles. The van der Waals surface area contributed by atoms with Crippen LogP contribution in [0.5, 0.6) is 0 Å². The van der Waals surface area contributed by atoms with Crippen molar-refractivity contribution in [3.05, 3.63) is 12.2 Å². The molecule has 3 nitrogen and oxygen atoms in total. The Bertz CT molecular complexity index is 244. The first-order valence-electron chi connectivity index (χ1n) is 3.70. The van der Waals surface area contributed by atoms with Crippen LogP contribution in [0.15, 0.2) is 17.1 Å². The zero-order chi connectivity index (χ0) is 8.97. The van der Waals surface area contributed by atoms with Crippen molar-refractivity contribution in [2.45, 2.75) is 18.9 Å². The molecule has 2 unspecified atom stereocenters. The molecule has 1 aliphatic rings. The number of carboxylic acid groups (broad SMARTS) is 1. The van der Waals surface area contributed by atoms with Gasteiger partial charge in [0.2, 0.25) is 0 Å². The number of carboxylic acids is 1. The third kappa shape index (κ3) is 2.00. The molecule has 4 heteroatoms. The van der Waals surface area contributed by atoms with Crippen LogP contribution < -0.4 is 0 Å². The van der Waals surface area contributed by atoms with Gasteiger partial charge in [-0.05, 0) is 25.1 Å². The standard InChI is InChI=1S/C8H9NO2S/c10-8(11)6-3-1-2-4-7(6)9-5-12/h1-2,6-7H,3-4H2,(H,10,11). The fourth-order valence-corrected chi connectivity index (χ4v) is 1.41. The lowest BCUT2D eigenvalue weighted by atomic mass is 9.90. The van der Waals surface area contributed by atoms with Gasteiger partial charge in [-0.1, -0.05) is 12.2 Å². The molecular formula is C8H9NO2S. The van der Waals surface area contributed by atoms with Crippen LogP contribution in [0.4, 0.5) is 0 Å². The lowest BCUT2D eigenvalue weighted by Crippen LogP contribution is -2.27.